The van der Waals surface area contributed by atoms with E-state index in [1.165, 1.54) is 11.0 Å². The summed E-state index contributed by atoms with van der Waals surface area (Å²) in [4.78, 5) is 56.0. The fourth-order valence-electron chi connectivity index (χ4n) is 7.41. The summed E-state index contributed by atoms with van der Waals surface area (Å²) >= 11 is 0. The third-order valence-corrected chi connectivity index (χ3v) is 8.89. The van der Waals surface area contributed by atoms with Crippen LogP contribution < -0.4 is 4.74 Å². The quantitative estimate of drug-likeness (QED) is 0.496. The maximum absolute atomic E-state index is 13.9. The molecule has 1 saturated heterocycles. The minimum atomic E-state index is -1.06. The van der Waals surface area contributed by atoms with Crippen LogP contribution in [0.25, 0.3) is 0 Å². The number of fused-ring (bicyclic) bond motifs is 4. The summed E-state index contributed by atoms with van der Waals surface area (Å²) in [6, 6.07) is 7.42. The highest BCUT2D eigenvalue weighted by molar-refractivity contribution is 6.13. The molecule has 0 bridgehead atoms. The maximum Gasteiger partial charge on any atom is 0.234 e. The molecule has 196 valence electrons. The number of hydrogen-bond donors (Lipinski definition) is 1. The molecule has 5 rings (SSSR count). The number of hydrogen-bond acceptors (Lipinski definition) is 6. The number of amides is 2. The molecule has 1 N–H and O–H groups in total. The monoisotopic (exact) mass is 505 g/mol. The van der Waals surface area contributed by atoms with Crippen molar-refractivity contribution in [2.45, 2.75) is 58.9 Å². The summed E-state index contributed by atoms with van der Waals surface area (Å²) in [6.07, 6.45) is 4.26. The van der Waals surface area contributed by atoms with E-state index in [0.717, 1.165) is 11.1 Å². The van der Waals surface area contributed by atoms with E-state index in [2.05, 4.69) is 0 Å². The third-order valence-electron chi connectivity index (χ3n) is 8.89. The molecule has 1 saturated carbocycles. The standard InChI is InChI=1S/C30H35NO6/c1-16-14-22(33)21-15-20-17(10-11-19-24(20)28(36)31(27(19)35)29(2,3)4)25(30(21,5)26(16)34)18-8-6-7-9-23(18)37-13-12-32/h6-10,14,19-21,24-25,32H,11-13,15H2,1-5H3/t19-,20+,21-,24-,25+,30+/m0/s1. The largest absolute Gasteiger partial charge is 0.491 e. The maximum atomic E-state index is 13.9. The van der Waals surface area contributed by atoms with Gasteiger partial charge in [0.15, 0.2) is 11.6 Å². The number of para-hydroxylation sites is 1. The number of nitrogens with zero attached hydrogens (tertiary/aromatic N) is 1. The van der Waals surface area contributed by atoms with Gasteiger partial charge in [-0.3, -0.25) is 24.1 Å². The van der Waals surface area contributed by atoms with Gasteiger partial charge in [-0.2, -0.15) is 0 Å². The van der Waals surface area contributed by atoms with Gasteiger partial charge in [0, 0.05) is 22.9 Å². The Morgan fingerprint density at radius 2 is 1.78 bits per heavy atom. The van der Waals surface area contributed by atoms with E-state index in [0.29, 0.717) is 24.2 Å². The Hall–Kier alpha value is -3.06. The van der Waals surface area contributed by atoms with Crippen LogP contribution in [0.5, 0.6) is 5.75 Å². The lowest BCUT2D eigenvalue weighted by Crippen LogP contribution is -2.55. The van der Waals surface area contributed by atoms with Crippen molar-refractivity contribution in [2.24, 2.45) is 29.1 Å². The van der Waals surface area contributed by atoms with Gasteiger partial charge in [-0.05, 0) is 64.2 Å². The molecule has 37 heavy (non-hydrogen) atoms. The fourth-order valence-corrected chi connectivity index (χ4v) is 7.41. The van der Waals surface area contributed by atoms with E-state index < -0.39 is 34.6 Å². The molecule has 1 aromatic carbocycles. The molecule has 0 spiro atoms. The number of ether oxygens (including phenoxy) is 1. The van der Waals surface area contributed by atoms with Gasteiger partial charge in [0.25, 0.3) is 0 Å². The molecule has 0 radical (unpaired) electrons. The third kappa shape index (κ3) is 3.65. The zero-order chi connectivity index (χ0) is 26.9. The normalized spacial score (nSPS) is 33.5. The van der Waals surface area contributed by atoms with Crippen molar-refractivity contribution in [2.75, 3.05) is 13.2 Å². The van der Waals surface area contributed by atoms with E-state index >= 15 is 0 Å². The summed E-state index contributed by atoms with van der Waals surface area (Å²) in [5.41, 5.74) is 0.432. The summed E-state index contributed by atoms with van der Waals surface area (Å²) in [5.74, 6) is -2.46. The van der Waals surface area contributed by atoms with Gasteiger partial charge >= 0.3 is 0 Å². The van der Waals surface area contributed by atoms with Gasteiger partial charge in [0.1, 0.15) is 12.4 Å². The highest BCUT2D eigenvalue weighted by atomic mass is 16.5. The van der Waals surface area contributed by atoms with E-state index in [1.54, 1.807) is 6.92 Å². The van der Waals surface area contributed by atoms with Crippen molar-refractivity contribution in [1.82, 2.24) is 4.90 Å². The summed E-state index contributed by atoms with van der Waals surface area (Å²) in [6.45, 7) is 9.07. The van der Waals surface area contributed by atoms with Crippen LogP contribution in [0.2, 0.25) is 0 Å². The molecule has 0 aromatic heterocycles. The zero-order valence-corrected chi connectivity index (χ0v) is 22.1. The van der Waals surface area contributed by atoms with Crippen LogP contribution in [-0.4, -0.2) is 52.1 Å². The summed E-state index contributed by atoms with van der Waals surface area (Å²) in [5, 5.41) is 9.40. The lowest BCUT2D eigenvalue weighted by atomic mass is 9.47. The number of carbonyl (C=O) groups excluding carboxylic acids is 4. The van der Waals surface area contributed by atoms with Crippen molar-refractivity contribution in [1.29, 1.82) is 0 Å². The molecular weight excluding hydrogens is 470 g/mol. The van der Waals surface area contributed by atoms with E-state index in [-0.39, 0.29) is 42.5 Å². The molecule has 1 heterocycles. The van der Waals surface area contributed by atoms with Crippen LogP contribution in [0.4, 0.5) is 0 Å². The van der Waals surface area contributed by atoms with Crippen molar-refractivity contribution in [3.8, 4) is 5.75 Å². The highest BCUT2D eigenvalue weighted by Crippen LogP contribution is 2.63. The zero-order valence-electron chi connectivity index (χ0n) is 22.1. The van der Waals surface area contributed by atoms with Crippen LogP contribution in [0.15, 0.2) is 47.6 Å². The van der Waals surface area contributed by atoms with Crippen molar-refractivity contribution in [3.63, 3.8) is 0 Å². The van der Waals surface area contributed by atoms with Gasteiger partial charge in [-0.1, -0.05) is 36.8 Å². The number of rotatable bonds is 4. The number of carbonyl (C=O) groups is 4. The molecular formula is C30H35NO6. The molecule has 2 amide bonds. The van der Waals surface area contributed by atoms with E-state index in [4.69, 9.17) is 4.74 Å². The van der Waals surface area contributed by atoms with Crippen LogP contribution in [0, 0.1) is 29.1 Å². The Kier molecular flexibility index (Phi) is 6.06. The Labute approximate surface area is 217 Å². The first-order chi connectivity index (χ1) is 17.4. The van der Waals surface area contributed by atoms with Gasteiger partial charge in [-0.25, -0.2) is 0 Å². The summed E-state index contributed by atoms with van der Waals surface area (Å²) < 4.78 is 5.90. The number of Topliss-reactive ketones (excluding diaryl/α,β-unsaturated/α-hetero) is 1. The fraction of sp³-hybridized carbons (Fsp3) is 0.533. The minimum Gasteiger partial charge on any atom is -0.491 e. The molecule has 1 aromatic rings. The van der Waals surface area contributed by atoms with E-state index in [9.17, 15) is 24.3 Å². The molecule has 1 aliphatic heterocycles. The average Bonchev–Trinajstić information content (AvgIpc) is 3.11. The SMILES string of the molecule is CC1=CC(=O)[C@@H]2C[C@@H]3C(=CC[C@@H]4C(=O)N(C(C)(C)C)C(=O)[C@@H]43)[C@H](c3ccccc3OCCO)[C@]2(C)C1=O. The Morgan fingerprint density at radius 1 is 1.08 bits per heavy atom. The minimum absolute atomic E-state index is 0.0781. The number of benzene rings is 1. The molecule has 3 aliphatic carbocycles. The number of likely N-dealkylation sites (tertiary alicyclic amines) is 1. The molecule has 4 aliphatic rings. The topological polar surface area (TPSA) is 101 Å². The Bertz CT molecular complexity index is 1250. The Balaban J connectivity index is 1.70. The van der Waals surface area contributed by atoms with Crippen molar-refractivity contribution >= 4 is 23.4 Å². The first-order valence-corrected chi connectivity index (χ1v) is 13.1. The van der Waals surface area contributed by atoms with Crippen LogP contribution in [0.3, 0.4) is 0 Å². The predicted molar refractivity (Wildman–Crippen MR) is 137 cm³/mol. The predicted octanol–water partition coefficient (Wildman–Crippen LogP) is 3.61. The van der Waals surface area contributed by atoms with Crippen LogP contribution in [0.1, 0.15) is 58.9 Å². The van der Waals surface area contributed by atoms with Crippen LogP contribution in [-0.2, 0) is 19.2 Å². The van der Waals surface area contributed by atoms with Gasteiger partial charge in [0.2, 0.25) is 11.8 Å². The molecule has 6 atom stereocenters. The Morgan fingerprint density at radius 3 is 2.46 bits per heavy atom. The number of allylic oxidation sites excluding steroid dienone is 4. The summed E-state index contributed by atoms with van der Waals surface area (Å²) in [7, 11) is 0. The van der Waals surface area contributed by atoms with E-state index in [1.807, 2.05) is 58.0 Å². The number of aliphatic hydroxyl groups is 1. The first kappa shape index (κ1) is 25.6. The lowest BCUT2D eigenvalue weighted by Gasteiger charge is -2.53. The van der Waals surface area contributed by atoms with Gasteiger partial charge in [-0.15, -0.1) is 0 Å². The molecule has 0 unspecified atom stereocenters. The molecule has 2 fully saturated rings. The molecule has 7 nitrogen and oxygen atoms in total. The lowest BCUT2D eigenvalue weighted by molar-refractivity contribution is -0.146. The second-order valence-electron chi connectivity index (χ2n) is 12.0. The average molecular weight is 506 g/mol. The van der Waals surface area contributed by atoms with Crippen molar-refractivity contribution < 1.29 is 29.0 Å². The van der Waals surface area contributed by atoms with Crippen molar-refractivity contribution in [3.05, 3.63) is 53.1 Å². The van der Waals surface area contributed by atoms with Crippen LogP contribution >= 0.6 is 0 Å². The second-order valence-corrected chi connectivity index (χ2v) is 12.0. The number of imide groups is 1. The number of aliphatic hydroxyl groups excluding tert-OH is 1. The second kappa shape index (κ2) is 8.76. The van der Waals surface area contributed by atoms with Gasteiger partial charge in [0.05, 0.1) is 23.9 Å². The smallest absolute Gasteiger partial charge is 0.234 e. The van der Waals surface area contributed by atoms with Gasteiger partial charge < -0.3 is 9.84 Å². The molecule has 7 heteroatoms. The number of ketones is 2. The first-order valence-electron chi connectivity index (χ1n) is 13.1. The highest BCUT2D eigenvalue weighted by Gasteiger charge is 2.64.